The van der Waals surface area contributed by atoms with Crippen LogP contribution in [0.4, 0.5) is 10.8 Å². The van der Waals surface area contributed by atoms with E-state index >= 15 is 0 Å². The van der Waals surface area contributed by atoms with Crippen molar-refractivity contribution in [2.75, 3.05) is 16.4 Å². The lowest BCUT2D eigenvalue weighted by Gasteiger charge is -2.12. The summed E-state index contributed by atoms with van der Waals surface area (Å²) in [6, 6.07) is 38.2. The molecular formula is C40H34N4O3S2. The lowest BCUT2D eigenvalue weighted by Crippen LogP contribution is -2.30. The molecule has 0 spiro atoms. The first kappa shape index (κ1) is 33.4. The Morgan fingerprint density at radius 3 is 2.24 bits per heavy atom. The van der Waals surface area contributed by atoms with Crippen LogP contribution < -0.4 is 16.0 Å². The Kier molecular flexibility index (Phi) is 10.6. The van der Waals surface area contributed by atoms with Gasteiger partial charge in [0.25, 0.3) is 11.8 Å². The molecule has 7 nitrogen and oxygen atoms in total. The van der Waals surface area contributed by atoms with E-state index in [1.165, 1.54) is 34.0 Å². The van der Waals surface area contributed by atoms with E-state index in [0.29, 0.717) is 22.3 Å². The Morgan fingerprint density at radius 2 is 1.51 bits per heavy atom. The molecule has 0 aliphatic carbocycles. The first-order valence-corrected chi connectivity index (χ1v) is 17.6. The maximum absolute atomic E-state index is 13.4. The molecule has 3 N–H and O–H groups in total. The molecule has 6 rings (SSSR count). The average molecular weight is 683 g/mol. The van der Waals surface area contributed by atoms with E-state index < -0.39 is 5.91 Å². The summed E-state index contributed by atoms with van der Waals surface area (Å²) in [7, 11) is 0. The maximum atomic E-state index is 13.4. The number of thiazole rings is 1. The van der Waals surface area contributed by atoms with Gasteiger partial charge in [-0.25, -0.2) is 4.98 Å². The number of nitrogens with zero attached hydrogens (tertiary/aromatic N) is 1. The predicted octanol–water partition coefficient (Wildman–Crippen LogP) is 9.23. The molecule has 1 heterocycles. The van der Waals surface area contributed by atoms with Crippen LogP contribution in [0.3, 0.4) is 0 Å². The van der Waals surface area contributed by atoms with E-state index in [0.717, 1.165) is 27.1 Å². The molecule has 0 unspecified atom stereocenters. The molecule has 0 fully saturated rings. The fourth-order valence-corrected chi connectivity index (χ4v) is 6.47. The molecular weight excluding hydrogens is 649 g/mol. The van der Waals surface area contributed by atoms with Gasteiger partial charge in [-0.15, -0.1) is 23.1 Å². The zero-order chi connectivity index (χ0) is 34.2. The number of amides is 3. The Labute approximate surface area is 293 Å². The smallest absolute Gasteiger partial charge is 0.272 e. The Hall–Kier alpha value is -5.51. The third kappa shape index (κ3) is 8.90. The van der Waals surface area contributed by atoms with Crippen molar-refractivity contribution in [3.63, 3.8) is 0 Å². The molecule has 244 valence electrons. The molecule has 0 saturated heterocycles. The highest BCUT2D eigenvalue weighted by atomic mass is 32.2. The van der Waals surface area contributed by atoms with Gasteiger partial charge in [-0.1, -0.05) is 92.7 Å². The number of benzene rings is 5. The number of aromatic nitrogens is 1. The Balaban J connectivity index is 1.06. The molecule has 3 amide bonds. The number of thioether (sulfide) groups is 1. The third-order valence-electron chi connectivity index (χ3n) is 7.72. The van der Waals surface area contributed by atoms with Gasteiger partial charge in [-0.05, 0) is 76.4 Å². The minimum atomic E-state index is -0.455. The average Bonchev–Trinajstić information content (AvgIpc) is 3.59. The third-order valence-corrected chi connectivity index (χ3v) is 9.49. The highest BCUT2D eigenvalue weighted by molar-refractivity contribution is 8.00. The van der Waals surface area contributed by atoms with Crippen molar-refractivity contribution in [3.05, 3.63) is 149 Å². The molecule has 6 aromatic rings. The van der Waals surface area contributed by atoms with Crippen LogP contribution in [0.1, 0.15) is 41.3 Å². The lowest BCUT2D eigenvalue weighted by atomic mass is 10.0. The number of anilines is 2. The first-order chi connectivity index (χ1) is 23.8. The zero-order valence-electron chi connectivity index (χ0n) is 27.0. The fourth-order valence-electron chi connectivity index (χ4n) is 5.04. The van der Waals surface area contributed by atoms with Crippen LogP contribution in [0, 0.1) is 0 Å². The summed E-state index contributed by atoms with van der Waals surface area (Å²) in [6.45, 7) is 4.24. The molecule has 0 saturated carbocycles. The van der Waals surface area contributed by atoms with Gasteiger partial charge in [0, 0.05) is 27.1 Å². The van der Waals surface area contributed by atoms with Crippen LogP contribution in [-0.4, -0.2) is 28.5 Å². The van der Waals surface area contributed by atoms with Gasteiger partial charge < -0.3 is 16.0 Å². The number of fused-ring (bicyclic) bond motifs is 1. The van der Waals surface area contributed by atoms with Gasteiger partial charge >= 0.3 is 0 Å². The number of hydrogen-bond acceptors (Lipinski definition) is 6. The SMILES string of the molecule is CC(C)c1ccc(/C=C(\NC(=O)c2ccccc2)C(=O)Nc2ccc(SCC(=O)Nc3nc(-c4ccc5ccccc5c4)cs3)cc2)cc1. The monoisotopic (exact) mass is 682 g/mol. The van der Waals surface area contributed by atoms with Crippen molar-refractivity contribution in [2.24, 2.45) is 0 Å². The quantitative estimate of drug-likeness (QED) is 0.0935. The zero-order valence-corrected chi connectivity index (χ0v) is 28.6. The number of nitrogens with one attached hydrogen (secondary N) is 3. The van der Waals surface area contributed by atoms with E-state index in [-0.39, 0.29) is 23.3 Å². The second-order valence-corrected chi connectivity index (χ2v) is 13.5. The largest absolute Gasteiger partial charge is 0.321 e. The van der Waals surface area contributed by atoms with Gasteiger partial charge in [-0.2, -0.15) is 0 Å². The van der Waals surface area contributed by atoms with E-state index in [2.05, 4.69) is 59.0 Å². The van der Waals surface area contributed by atoms with Crippen molar-refractivity contribution in [1.82, 2.24) is 10.3 Å². The molecule has 1 aromatic heterocycles. The second kappa shape index (κ2) is 15.6. The Morgan fingerprint density at radius 1 is 0.796 bits per heavy atom. The fraction of sp³-hybridized carbons (Fsp3) is 0.100. The van der Waals surface area contributed by atoms with Crippen molar-refractivity contribution in [3.8, 4) is 11.3 Å². The van der Waals surface area contributed by atoms with E-state index in [9.17, 15) is 14.4 Å². The van der Waals surface area contributed by atoms with Crippen LogP contribution in [0.5, 0.6) is 0 Å². The number of carbonyl (C=O) groups excluding carboxylic acids is 3. The van der Waals surface area contributed by atoms with Crippen LogP contribution in [0.15, 0.2) is 137 Å². The van der Waals surface area contributed by atoms with Crippen LogP contribution in [0.25, 0.3) is 28.1 Å². The van der Waals surface area contributed by atoms with Crippen molar-refractivity contribution < 1.29 is 14.4 Å². The standard InChI is InChI=1S/C40H34N4O3S2/c1-26(2)28-14-12-27(13-15-28)22-35(42-38(46)30-9-4-3-5-10-30)39(47)41-33-18-20-34(21-19-33)48-25-37(45)44-40-43-36(24-49-40)32-17-16-29-8-6-7-11-31(29)23-32/h3-24,26H,25H2,1-2H3,(H,41,47)(H,42,46)(H,43,44,45)/b35-22-. The molecule has 0 aliphatic rings. The molecule has 49 heavy (non-hydrogen) atoms. The highest BCUT2D eigenvalue weighted by Gasteiger charge is 2.16. The molecule has 0 bridgehead atoms. The minimum absolute atomic E-state index is 0.118. The highest BCUT2D eigenvalue weighted by Crippen LogP contribution is 2.28. The predicted molar refractivity (Wildman–Crippen MR) is 202 cm³/mol. The molecule has 5 aromatic carbocycles. The normalized spacial score (nSPS) is 11.4. The first-order valence-electron chi connectivity index (χ1n) is 15.8. The summed E-state index contributed by atoms with van der Waals surface area (Å²) in [5.41, 5.74) is 4.90. The van der Waals surface area contributed by atoms with Crippen molar-refractivity contribution >= 4 is 68.5 Å². The van der Waals surface area contributed by atoms with Gasteiger partial charge in [0.1, 0.15) is 5.70 Å². The molecule has 0 radical (unpaired) electrons. The van der Waals surface area contributed by atoms with Gasteiger partial charge in [-0.3, -0.25) is 14.4 Å². The summed E-state index contributed by atoms with van der Waals surface area (Å²) in [6.07, 6.45) is 1.66. The van der Waals surface area contributed by atoms with Gasteiger partial charge in [0.2, 0.25) is 5.91 Å². The topological polar surface area (TPSA) is 100 Å². The molecule has 0 aliphatic heterocycles. The van der Waals surface area contributed by atoms with E-state index in [1.807, 2.05) is 66.0 Å². The van der Waals surface area contributed by atoms with Crippen LogP contribution in [0.2, 0.25) is 0 Å². The maximum Gasteiger partial charge on any atom is 0.272 e. The summed E-state index contributed by atoms with van der Waals surface area (Å²) in [5, 5.41) is 13.3. The van der Waals surface area contributed by atoms with E-state index in [1.54, 1.807) is 42.5 Å². The molecule has 9 heteroatoms. The number of hydrogen-bond donors (Lipinski definition) is 3. The van der Waals surface area contributed by atoms with Crippen LogP contribution in [-0.2, 0) is 9.59 Å². The molecule has 0 atom stereocenters. The number of rotatable bonds is 11. The minimum Gasteiger partial charge on any atom is -0.321 e. The van der Waals surface area contributed by atoms with Gasteiger partial charge in [0.05, 0.1) is 11.4 Å². The number of carbonyl (C=O) groups is 3. The lowest BCUT2D eigenvalue weighted by molar-refractivity contribution is -0.114. The summed E-state index contributed by atoms with van der Waals surface area (Å²) in [5.74, 6) is -0.420. The van der Waals surface area contributed by atoms with E-state index in [4.69, 9.17) is 0 Å². The van der Waals surface area contributed by atoms with Crippen LogP contribution >= 0.6 is 23.1 Å². The second-order valence-electron chi connectivity index (χ2n) is 11.6. The summed E-state index contributed by atoms with van der Waals surface area (Å²) >= 11 is 2.77. The summed E-state index contributed by atoms with van der Waals surface area (Å²) < 4.78 is 0. The van der Waals surface area contributed by atoms with Crippen molar-refractivity contribution in [1.29, 1.82) is 0 Å². The van der Waals surface area contributed by atoms with Gasteiger partial charge in [0.15, 0.2) is 5.13 Å². The summed E-state index contributed by atoms with van der Waals surface area (Å²) in [4.78, 5) is 44.6. The van der Waals surface area contributed by atoms with Crippen molar-refractivity contribution in [2.45, 2.75) is 24.7 Å². The Bertz CT molecular complexity index is 2120.